The molecule has 0 aromatic rings. The molecule has 1 rings (SSSR count). The summed E-state index contributed by atoms with van der Waals surface area (Å²) in [4.78, 5) is 24.5. The molecule has 0 aromatic carbocycles. The van der Waals surface area contributed by atoms with Crippen LogP contribution >= 0.6 is 0 Å². The lowest BCUT2D eigenvalue weighted by Gasteiger charge is -2.32. The van der Waals surface area contributed by atoms with E-state index in [9.17, 15) is 9.59 Å². The fourth-order valence-electron chi connectivity index (χ4n) is 2.43. The summed E-state index contributed by atoms with van der Waals surface area (Å²) in [6, 6.07) is 0.128. The number of likely N-dealkylation sites (tertiary alicyclic amines) is 1. The van der Waals surface area contributed by atoms with E-state index in [0.717, 1.165) is 13.1 Å². The smallest absolute Gasteiger partial charge is 0.314 e. The van der Waals surface area contributed by atoms with E-state index in [2.05, 4.69) is 22.5 Å². The molecule has 1 heterocycles. The highest BCUT2D eigenvalue weighted by molar-refractivity contribution is 5.74. The molecule has 0 aliphatic carbocycles. The van der Waals surface area contributed by atoms with Gasteiger partial charge in [0.2, 0.25) is 0 Å². The summed E-state index contributed by atoms with van der Waals surface area (Å²) in [5, 5.41) is 14.2. The first-order chi connectivity index (χ1) is 9.49. The minimum Gasteiger partial charge on any atom is -0.481 e. The average Bonchev–Trinajstić information content (AvgIpc) is 2.42. The van der Waals surface area contributed by atoms with Crippen molar-refractivity contribution >= 4 is 12.0 Å². The Morgan fingerprint density at radius 3 is 2.30 bits per heavy atom. The lowest BCUT2D eigenvalue weighted by Crippen LogP contribution is -2.47. The van der Waals surface area contributed by atoms with Crippen LogP contribution in [0.25, 0.3) is 0 Å². The second-order valence-corrected chi connectivity index (χ2v) is 5.74. The Morgan fingerprint density at radius 2 is 1.70 bits per heavy atom. The van der Waals surface area contributed by atoms with E-state index in [1.807, 2.05) is 6.92 Å². The number of nitrogens with zero attached hydrogens (tertiary/aromatic N) is 1. The minimum absolute atomic E-state index is 0.0576. The van der Waals surface area contributed by atoms with Gasteiger partial charge in [-0.3, -0.25) is 9.69 Å². The van der Waals surface area contributed by atoms with Crippen LogP contribution in [0.2, 0.25) is 0 Å². The quantitative estimate of drug-likeness (QED) is 0.658. The maximum atomic E-state index is 11.6. The number of urea groups is 1. The van der Waals surface area contributed by atoms with Gasteiger partial charge in [-0.1, -0.05) is 13.3 Å². The number of amides is 2. The molecule has 0 bridgehead atoms. The fraction of sp³-hybridized carbons (Fsp3) is 0.857. The Morgan fingerprint density at radius 1 is 1.10 bits per heavy atom. The highest BCUT2D eigenvalue weighted by Gasteiger charge is 2.17. The van der Waals surface area contributed by atoms with Crippen LogP contribution in [0.5, 0.6) is 0 Å². The van der Waals surface area contributed by atoms with Gasteiger partial charge in [0.15, 0.2) is 0 Å². The minimum atomic E-state index is -0.835. The SMILES string of the molecule is CC(CNC(=O)NCC(C)N1CCCCC1)CC(=O)O. The van der Waals surface area contributed by atoms with Crippen molar-refractivity contribution in [1.29, 1.82) is 0 Å². The molecule has 0 radical (unpaired) electrons. The van der Waals surface area contributed by atoms with Gasteiger partial charge in [-0.2, -0.15) is 0 Å². The molecule has 6 nitrogen and oxygen atoms in total. The average molecular weight is 285 g/mol. The van der Waals surface area contributed by atoms with Gasteiger partial charge in [-0.05, 0) is 38.8 Å². The fourth-order valence-corrected chi connectivity index (χ4v) is 2.43. The van der Waals surface area contributed by atoms with Crippen LogP contribution < -0.4 is 10.6 Å². The van der Waals surface area contributed by atoms with E-state index >= 15 is 0 Å². The predicted octanol–water partition coefficient (Wildman–Crippen LogP) is 1.27. The first kappa shape index (κ1) is 16.8. The van der Waals surface area contributed by atoms with E-state index < -0.39 is 5.97 Å². The molecule has 2 atom stereocenters. The van der Waals surface area contributed by atoms with Crippen molar-refractivity contribution in [2.24, 2.45) is 5.92 Å². The summed E-state index contributed by atoms with van der Waals surface area (Å²) in [5.41, 5.74) is 0. The number of nitrogens with one attached hydrogen (secondary N) is 2. The molecule has 1 fully saturated rings. The number of rotatable bonds is 7. The summed E-state index contributed by atoms with van der Waals surface area (Å²) >= 11 is 0. The third-order valence-corrected chi connectivity index (χ3v) is 3.71. The third kappa shape index (κ3) is 6.75. The molecule has 1 aliphatic rings. The Hall–Kier alpha value is -1.30. The van der Waals surface area contributed by atoms with Crippen molar-refractivity contribution in [2.45, 2.75) is 45.6 Å². The maximum Gasteiger partial charge on any atom is 0.314 e. The first-order valence-corrected chi connectivity index (χ1v) is 7.46. The number of aliphatic carboxylic acids is 1. The van der Waals surface area contributed by atoms with Gasteiger partial charge in [0.05, 0.1) is 0 Å². The molecular formula is C14H27N3O3. The van der Waals surface area contributed by atoms with Crippen LogP contribution in [0, 0.1) is 5.92 Å². The number of carbonyl (C=O) groups excluding carboxylic acids is 1. The van der Waals surface area contributed by atoms with Crippen LogP contribution in [0.4, 0.5) is 4.79 Å². The van der Waals surface area contributed by atoms with Gasteiger partial charge in [0.1, 0.15) is 0 Å². The molecule has 0 aromatic heterocycles. The summed E-state index contributed by atoms with van der Waals surface area (Å²) in [7, 11) is 0. The van der Waals surface area contributed by atoms with Crippen molar-refractivity contribution in [3.05, 3.63) is 0 Å². The monoisotopic (exact) mass is 285 g/mol. The second kappa shape index (κ2) is 8.79. The summed E-state index contributed by atoms with van der Waals surface area (Å²) in [5.74, 6) is -0.892. The van der Waals surface area contributed by atoms with Crippen LogP contribution in [0.15, 0.2) is 0 Å². The highest BCUT2D eigenvalue weighted by Crippen LogP contribution is 2.11. The second-order valence-electron chi connectivity index (χ2n) is 5.74. The molecule has 20 heavy (non-hydrogen) atoms. The zero-order chi connectivity index (χ0) is 15.0. The molecule has 2 amide bonds. The maximum absolute atomic E-state index is 11.6. The Balaban J connectivity index is 2.14. The zero-order valence-electron chi connectivity index (χ0n) is 12.5. The topological polar surface area (TPSA) is 81.7 Å². The van der Waals surface area contributed by atoms with Crippen LogP contribution in [0.3, 0.4) is 0 Å². The molecule has 1 saturated heterocycles. The molecule has 0 saturated carbocycles. The lowest BCUT2D eigenvalue weighted by molar-refractivity contribution is -0.137. The van der Waals surface area contributed by atoms with Crippen LogP contribution in [-0.2, 0) is 4.79 Å². The molecule has 6 heteroatoms. The van der Waals surface area contributed by atoms with Crippen molar-refractivity contribution in [2.75, 3.05) is 26.2 Å². The van der Waals surface area contributed by atoms with Gasteiger partial charge in [-0.25, -0.2) is 4.79 Å². The summed E-state index contributed by atoms with van der Waals surface area (Å²) < 4.78 is 0. The molecule has 0 spiro atoms. The number of piperidine rings is 1. The van der Waals surface area contributed by atoms with Crippen molar-refractivity contribution in [1.82, 2.24) is 15.5 Å². The van der Waals surface area contributed by atoms with Crippen molar-refractivity contribution in [3.8, 4) is 0 Å². The third-order valence-electron chi connectivity index (χ3n) is 3.71. The Kier molecular flexibility index (Phi) is 7.36. The molecule has 3 N–H and O–H groups in total. The molecule has 2 unspecified atom stereocenters. The predicted molar refractivity (Wildman–Crippen MR) is 77.7 cm³/mol. The van der Waals surface area contributed by atoms with E-state index in [4.69, 9.17) is 5.11 Å². The van der Waals surface area contributed by atoms with E-state index in [1.54, 1.807) is 0 Å². The van der Waals surface area contributed by atoms with Crippen LogP contribution in [0.1, 0.15) is 39.5 Å². The Bertz CT molecular complexity index is 317. The molecule has 1 aliphatic heterocycles. The summed E-state index contributed by atoms with van der Waals surface area (Å²) in [6.45, 7) is 7.17. The van der Waals surface area contributed by atoms with Crippen molar-refractivity contribution in [3.63, 3.8) is 0 Å². The Labute approximate surface area is 120 Å². The first-order valence-electron chi connectivity index (χ1n) is 7.46. The normalized spacial score (nSPS) is 19.1. The van der Waals surface area contributed by atoms with Gasteiger partial charge in [0.25, 0.3) is 0 Å². The molecular weight excluding hydrogens is 258 g/mol. The largest absolute Gasteiger partial charge is 0.481 e. The van der Waals surface area contributed by atoms with Gasteiger partial charge in [0, 0.05) is 25.6 Å². The standard InChI is InChI=1S/C14H27N3O3/c1-11(8-13(18)19)9-15-14(20)16-10-12(2)17-6-4-3-5-7-17/h11-12H,3-10H2,1-2H3,(H,18,19)(H2,15,16,20). The van der Waals surface area contributed by atoms with Crippen LogP contribution in [-0.4, -0.2) is 54.2 Å². The van der Waals surface area contributed by atoms with E-state index in [-0.39, 0.29) is 18.4 Å². The van der Waals surface area contributed by atoms with Gasteiger partial charge < -0.3 is 15.7 Å². The van der Waals surface area contributed by atoms with Gasteiger partial charge >= 0.3 is 12.0 Å². The van der Waals surface area contributed by atoms with Gasteiger partial charge in [-0.15, -0.1) is 0 Å². The number of hydrogen-bond acceptors (Lipinski definition) is 3. The van der Waals surface area contributed by atoms with E-state index in [1.165, 1.54) is 19.3 Å². The lowest BCUT2D eigenvalue weighted by atomic mass is 10.1. The summed E-state index contributed by atoms with van der Waals surface area (Å²) in [6.07, 6.45) is 3.86. The number of carboxylic acids is 1. The number of carbonyl (C=O) groups is 2. The molecule has 116 valence electrons. The highest BCUT2D eigenvalue weighted by atomic mass is 16.4. The van der Waals surface area contributed by atoms with E-state index in [0.29, 0.717) is 19.1 Å². The van der Waals surface area contributed by atoms with Crippen molar-refractivity contribution < 1.29 is 14.7 Å². The number of hydrogen-bond donors (Lipinski definition) is 3. The zero-order valence-corrected chi connectivity index (χ0v) is 12.5. The number of carboxylic acid groups (broad SMARTS) is 1.